The number of carboxylic acids is 1. The summed E-state index contributed by atoms with van der Waals surface area (Å²) < 4.78 is 5.05. The number of amides is 1. The average Bonchev–Trinajstić information content (AvgIpc) is 2.34. The number of nitrogens with one attached hydrogen (secondary N) is 1. The number of anilines is 2. The van der Waals surface area contributed by atoms with Crippen molar-refractivity contribution in [3.8, 4) is 0 Å². The lowest BCUT2D eigenvalue weighted by molar-refractivity contribution is -0.138. The first kappa shape index (κ1) is 18.0. The summed E-state index contributed by atoms with van der Waals surface area (Å²) >= 11 is 1.17. The molecule has 1 amide bonds. The van der Waals surface area contributed by atoms with Gasteiger partial charge in [0.15, 0.2) is 0 Å². The number of nitrogen functional groups attached to an aromatic ring is 2. The molecule has 0 saturated heterocycles. The van der Waals surface area contributed by atoms with E-state index in [1.807, 2.05) is 0 Å². The molecule has 0 heterocycles. The highest BCUT2D eigenvalue weighted by Crippen LogP contribution is 2.31. The van der Waals surface area contributed by atoms with Gasteiger partial charge in [-0.2, -0.15) is 0 Å². The van der Waals surface area contributed by atoms with Crippen molar-refractivity contribution in [3.05, 3.63) is 18.2 Å². The molecular formula is C14H21N3O4S. The molecule has 0 saturated carbocycles. The van der Waals surface area contributed by atoms with Crippen molar-refractivity contribution in [1.29, 1.82) is 0 Å². The molecule has 22 heavy (non-hydrogen) atoms. The quantitative estimate of drug-likeness (QED) is 0.480. The maximum atomic E-state index is 11.7. The third-order valence-electron chi connectivity index (χ3n) is 2.46. The largest absolute Gasteiger partial charge is 0.480 e. The molecule has 0 spiro atoms. The Balaban J connectivity index is 2.70. The van der Waals surface area contributed by atoms with Crippen LogP contribution in [0.3, 0.4) is 0 Å². The zero-order valence-corrected chi connectivity index (χ0v) is 13.6. The average molecular weight is 327 g/mol. The van der Waals surface area contributed by atoms with Crippen LogP contribution in [0.2, 0.25) is 0 Å². The normalized spacial score (nSPS) is 12.5. The molecular weight excluding hydrogens is 306 g/mol. The van der Waals surface area contributed by atoms with Crippen LogP contribution in [0.15, 0.2) is 23.1 Å². The zero-order valence-electron chi connectivity index (χ0n) is 12.8. The highest BCUT2D eigenvalue weighted by Gasteiger charge is 2.24. The summed E-state index contributed by atoms with van der Waals surface area (Å²) in [5, 5.41) is 11.5. The van der Waals surface area contributed by atoms with Gasteiger partial charge >= 0.3 is 12.1 Å². The van der Waals surface area contributed by atoms with Crippen LogP contribution in [0, 0.1) is 0 Å². The number of alkyl carbamates (subject to hydrolysis) is 1. The molecule has 7 nitrogen and oxygen atoms in total. The van der Waals surface area contributed by atoms with Crippen molar-refractivity contribution < 1.29 is 19.4 Å². The lowest BCUT2D eigenvalue weighted by Crippen LogP contribution is -2.44. The molecule has 0 fully saturated rings. The number of carbonyl (C=O) groups excluding carboxylic acids is 1. The highest BCUT2D eigenvalue weighted by atomic mass is 32.2. The van der Waals surface area contributed by atoms with E-state index in [1.165, 1.54) is 11.8 Å². The van der Waals surface area contributed by atoms with E-state index >= 15 is 0 Å². The first-order valence-electron chi connectivity index (χ1n) is 6.59. The van der Waals surface area contributed by atoms with Crippen molar-refractivity contribution >= 4 is 35.2 Å². The standard InChI is InChI=1S/C14H21N3O4S/c1-14(2,3)21-13(20)17-10(12(18)19)7-22-11-8(15)5-4-6-9(11)16/h4-6,10H,7,15-16H2,1-3H3,(H,17,20)(H,18,19)/t10-/m0/s1. The van der Waals surface area contributed by atoms with Crippen molar-refractivity contribution in [2.24, 2.45) is 0 Å². The van der Waals surface area contributed by atoms with E-state index in [-0.39, 0.29) is 5.75 Å². The summed E-state index contributed by atoms with van der Waals surface area (Å²) in [7, 11) is 0. The Morgan fingerprint density at radius 1 is 1.32 bits per heavy atom. The maximum absolute atomic E-state index is 11.7. The van der Waals surface area contributed by atoms with Crippen molar-refractivity contribution in [1.82, 2.24) is 5.32 Å². The van der Waals surface area contributed by atoms with E-state index in [9.17, 15) is 14.7 Å². The summed E-state index contributed by atoms with van der Waals surface area (Å²) in [6, 6.07) is 3.95. The van der Waals surface area contributed by atoms with E-state index in [1.54, 1.807) is 39.0 Å². The minimum absolute atomic E-state index is 0.0764. The molecule has 1 atom stereocenters. The predicted octanol–water partition coefficient (Wildman–Crippen LogP) is 1.92. The fourth-order valence-corrected chi connectivity index (χ4v) is 2.56. The van der Waals surface area contributed by atoms with Crippen molar-refractivity contribution in [3.63, 3.8) is 0 Å². The van der Waals surface area contributed by atoms with Gasteiger partial charge in [0.05, 0.1) is 4.90 Å². The summed E-state index contributed by atoms with van der Waals surface area (Å²) in [5.41, 5.74) is 11.8. The topological polar surface area (TPSA) is 128 Å². The van der Waals surface area contributed by atoms with Gasteiger partial charge in [-0.3, -0.25) is 0 Å². The first-order valence-corrected chi connectivity index (χ1v) is 7.58. The van der Waals surface area contributed by atoms with E-state index in [4.69, 9.17) is 16.2 Å². The number of benzene rings is 1. The molecule has 1 aromatic rings. The number of nitrogens with two attached hydrogens (primary N) is 2. The van der Waals surface area contributed by atoms with Crippen molar-refractivity contribution in [2.45, 2.75) is 37.3 Å². The fourth-order valence-electron chi connectivity index (χ4n) is 1.53. The predicted molar refractivity (Wildman–Crippen MR) is 86.8 cm³/mol. The Bertz CT molecular complexity index is 537. The molecule has 0 aliphatic rings. The molecule has 0 aromatic heterocycles. The first-order chi connectivity index (χ1) is 10.1. The van der Waals surface area contributed by atoms with E-state index < -0.39 is 23.7 Å². The molecule has 8 heteroatoms. The van der Waals surface area contributed by atoms with Gasteiger partial charge in [-0.25, -0.2) is 9.59 Å². The molecule has 0 aliphatic carbocycles. The second-order valence-electron chi connectivity index (χ2n) is 5.61. The van der Waals surface area contributed by atoms with Gasteiger partial charge in [0, 0.05) is 17.1 Å². The molecule has 122 valence electrons. The molecule has 0 bridgehead atoms. The monoisotopic (exact) mass is 327 g/mol. The van der Waals surface area contributed by atoms with Crippen LogP contribution in [0.1, 0.15) is 20.8 Å². The van der Waals surface area contributed by atoms with Crippen LogP contribution in [-0.4, -0.2) is 34.6 Å². The van der Waals surface area contributed by atoms with Crippen LogP contribution in [-0.2, 0) is 9.53 Å². The number of hydrogen-bond donors (Lipinski definition) is 4. The Labute approximate surface area is 133 Å². The number of ether oxygens (including phenoxy) is 1. The molecule has 0 unspecified atom stereocenters. The SMILES string of the molecule is CC(C)(C)OC(=O)N[C@@H](CSc1c(N)cccc1N)C(=O)O. The van der Waals surface area contributed by atoms with Gasteiger partial charge < -0.3 is 26.6 Å². The van der Waals surface area contributed by atoms with Crippen LogP contribution in [0.5, 0.6) is 0 Å². The number of rotatable bonds is 5. The lowest BCUT2D eigenvalue weighted by atomic mass is 10.2. The minimum Gasteiger partial charge on any atom is -0.480 e. The van der Waals surface area contributed by atoms with Gasteiger partial charge in [0.1, 0.15) is 11.6 Å². The Hall–Kier alpha value is -2.09. The number of thioether (sulfide) groups is 1. The van der Waals surface area contributed by atoms with Gasteiger partial charge in [0.2, 0.25) is 0 Å². The third kappa shape index (κ3) is 5.72. The van der Waals surface area contributed by atoms with Crippen molar-refractivity contribution in [2.75, 3.05) is 17.2 Å². The number of carboxylic acid groups (broad SMARTS) is 1. The van der Waals surface area contributed by atoms with Gasteiger partial charge in [-0.15, -0.1) is 11.8 Å². The third-order valence-corrected chi connectivity index (χ3v) is 3.72. The van der Waals surface area contributed by atoms with Gasteiger partial charge in [-0.05, 0) is 32.9 Å². The molecule has 1 rings (SSSR count). The zero-order chi connectivity index (χ0) is 16.9. The van der Waals surface area contributed by atoms with E-state index in [2.05, 4.69) is 5.32 Å². The highest BCUT2D eigenvalue weighted by molar-refractivity contribution is 7.99. The number of hydrogen-bond acceptors (Lipinski definition) is 6. The van der Waals surface area contributed by atoms with Crippen LogP contribution in [0.25, 0.3) is 0 Å². The molecule has 6 N–H and O–H groups in total. The summed E-state index contributed by atoms with van der Waals surface area (Å²) in [6.45, 7) is 5.09. The number of aliphatic carboxylic acids is 1. The molecule has 1 aromatic carbocycles. The fraction of sp³-hybridized carbons (Fsp3) is 0.429. The van der Waals surface area contributed by atoms with Gasteiger partial charge in [-0.1, -0.05) is 6.07 Å². The number of carbonyl (C=O) groups is 2. The van der Waals surface area contributed by atoms with Gasteiger partial charge in [0.25, 0.3) is 0 Å². The van der Waals surface area contributed by atoms with Crippen LogP contribution < -0.4 is 16.8 Å². The van der Waals surface area contributed by atoms with E-state index in [0.717, 1.165) is 0 Å². The summed E-state index contributed by atoms with van der Waals surface area (Å²) in [4.78, 5) is 23.5. The summed E-state index contributed by atoms with van der Waals surface area (Å²) in [5.74, 6) is -1.08. The second-order valence-corrected chi connectivity index (χ2v) is 6.64. The van der Waals surface area contributed by atoms with Crippen LogP contribution >= 0.6 is 11.8 Å². The lowest BCUT2D eigenvalue weighted by Gasteiger charge is -2.22. The Morgan fingerprint density at radius 3 is 2.32 bits per heavy atom. The smallest absolute Gasteiger partial charge is 0.408 e. The van der Waals surface area contributed by atoms with E-state index in [0.29, 0.717) is 16.3 Å². The Morgan fingerprint density at radius 2 is 1.86 bits per heavy atom. The second kappa shape index (κ2) is 7.26. The molecule has 0 radical (unpaired) electrons. The van der Waals surface area contributed by atoms with Crippen LogP contribution in [0.4, 0.5) is 16.2 Å². The summed E-state index contributed by atoms with van der Waals surface area (Å²) in [6.07, 6.45) is -0.783. The maximum Gasteiger partial charge on any atom is 0.408 e. The Kier molecular flexibility index (Phi) is 5.92. The minimum atomic E-state index is -1.16. The molecule has 0 aliphatic heterocycles.